The monoisotopic (exact) mass is 226 g/mol. The number of rotatable bonds is 4. The number of phenolic OH excluding ortho intramolecular Hbond substituents is 2. The number of hydrogen-bond acceptors (Lipinski definition) is 4. The predicted octanol–water partition coefficient (Wildman–Crippen LogP) is 0.352. The van der Waals surface area contributed by atoms with Crippen LogP contribution in [-0.4, -0.2) is 32.4 Å². The Labute approximate surface area is 90.4 Å². The SMILES string of the molecule is O=C(O)Cc1ccc(O)c(O)c1CC(=O)O. The highest BCUT2D eigenvalue weighted by Crippen LogP contribution is 2.32. The van der Waals surface area contributed by atoms with E-state index in [4.69, 9.17) is 10.2 Å². The van der Waals surface area contributed by atoms with Crippen LogP contribution in [-0.2, 0) is 22.4 Å². The third kappa shape index (κ3) is 2.63. The molecule has 16 heavy (non-hydrogen) atoms. The average Bonchev–Trinajstić information content (AvgIpc) is 2.16. The van der Waals surface area contributed by atoms with Crippen LogP contribution in [0.5, 0.6) is 11.5 Å². The van der Waals surface area contributed by atoms with Gasteiger partial charge in [-0.05, 0) is 11.6 Å². The fraction of sp³-hybridized carbons (Fsp3) is 0.200. The Bertz CT molecular complexity index is 437. The zero-order valence-electron chi connectivity index (χ0n) is 8.17. The molecule has 6 heteroatoms. The fourth-order valence-electron chi connectivity index (χ4n) is 1.34. The summed E-state index contributed by atoms with van der Waals surface area (Å²) in [7, 11) is 0. The van der Waals surface area contributed by atoms with E-state index in [0.717, 1.165) is 6.07 Å². The Balaban J connectivity index is 3.20. The summed E-state index contributed by atoms with van der Waals surface area (Å²) in [5.41, 5.74) is 0.0973. The van der Waals surface area contributed by atoms with Crippen LogP contribution in [0, 0.1) is 0 Å². The second kappa shape index (κ2) is 4.52. The molecule has 0 saturated heterocycles. The predicted molar refractivity (Wildman–Crippen MR) is 52.5 cm³/mol. The van der Waals surface area contributed by atoms with Gasteiger partial charge in [-0.1, -0.05) is 6.07 Å². The molecule has 0 fully saturated rings. The highest BCUT2D eigenvalue weighted by atomic mass is 16.4. The van der Waals surface area contributed by atoms with Gasteiger partial charge in [0.2, 0.25) is 0 Å². The number of carboxylic acid groups (broad SMARTS) is 2. The Kier molecular flexibility index (Phi) is 3.34. The number of phenols is 2. The normalized spacial score (nSPS) is 10.0. The lowest BCUT2D eigenvalue weighted by atomic mass is 10.00. The molecule has 0 amide bonds. The van der Waals surface area contributed by atoms with Gasteiger partial charge < -0.3 is 20.4 Å². The number of benzene rings is 1. The second-order valence-electron chi connectivity index (χ2n) is 3.21. The van der Waals surface area contributed by atoms with Gasteiger partial charge in [0.25, 0.3) is 0 Å². The highest BCUT2D eigenvalue weighted by molar-refractivity contribution is 5.76. The first-order valence-electron chi connectivity index (χ1n) is 4.38. The van der Waals surface area contributed by atoms with Crippen LogP contribution >= 0.6 is 0 Å². The van der Waals surface area contributed by atoms with Crippen LogP contribution in [0.3, 0.4) is 0 Å². The molecule has 1 aromatic rings. The number of carbonyl (C=O) groups is 2. The molecular weight excluding hydrogens is 216 g/mol. The molecule has 0 bridgehead atoms. The van der Waals surface area contributed by atoms with E-state index in [-0.39, 0.29) is 11.1 Å². The molecule has 0 spiro atoms. The molecule has 0 radical (unpaired) electrons. The van der Waals surface area contributed by atoms with Crippen molar-refractivity contribution in [1.29, 1.82) is 0 Å². The molecule has 0 saturated carbocycles. The van der Waals surface area contributed by atoms with Gasteiger partial charge in [-0.2, -0.15) is 0 Å². The van der Waals surface area contributed by atoms with E-state index in [1.807, 2.05) is 0 Å². The summed E-state index contributed by atoms with van der Waals surface area (Å²) in [4.78, 5) is 21.0. The minimum Gasteiger partial charge on any atom is -0.504 e. The van der Waals surface area contributed by atoms with Crippen LogP contribution in [0.25, 0.3) is 0 Å². The van der Waals surface area contributed by atoms with Gasteiger partial charge in [0.1, 0.15) is 0 Å². The summed E-state index contributed by atoms with van der Waals surface area (Å²) >= 11 is 0. The molecule has 4 N–H and O–H groups in total. The number of carboxylic acids is 2. The maximum Gasteiger partial charge on any atom is 0.307 e. The Morgan fingerprint density at radius 1 is 1.00 bits per heavy atom. The first-order chi connectivity index (χ1) is 7.41. The fourth-order valence-corrected chi connectivity index (χ4v) is 1.34. The summed E-state index contributed by atoms with van der Waals surface area (Å²) in [6, 6.07) is 2.40. The van der Waals surface area contributed by atoms with E-state index in [2.05, 4.69) is 0 Å². The van der Waals surface area contributed by atoms with E-state index in [0.29, 0.717) is 0 Å². The summed E-state index contributed by atoms with van der Waals surface area (Å²) in [5, 5.41) is 35.8. The molecule has 6 nitrogen and oxygen atoms in total. The average molecular weight is 226 g/mol. The van der Waals surface area contributed by atoms with Crippen molar-refractivity contribution in [1.82, 2.24) is 0 Å². The van der Waals surface area contributed by atoms with Crippen molar-refractivity contribution < 1.29 is 30.0 Å². The highest BCUT2D eigenvalue weighted by Gasteiger charge is 2.16. The van der Waals surface area contributed by atoms with Crippen LogP contribution in [0.4, 0.5) is 0 Å². The number of aromatic hydroxyl groups is 2. The molecule has 0 aliphatic carbocycles. The van der Waals surface area contributed by atoms with Gasteiger partial charge in [-0.3, -0.25) is 9.59 Å². The van der Waals surface area contributed by atoms with Crippen molar-refractivity contribution in [3.05, 3.63) is 23.3 Å². The molecule has 0 aliphatic rings. The quantitative estimate of drug-likeness (QED) is 0.551. The third-order valence-corrected chi connectivity index (χ3v) is 2.03. The van der Waals surface area contributed by atoms with Gasteiger partial charge in [0.05, 0.1) is 12.8 Å². The van der Waals surface area contributed by atoms with Crippen LogP contribution in [0.15, 0.2) is 12.1 Å². The Morgan fingerprint density at radius 3 is 2.06 bits per heavy atom. The molecule has 86 valence electrons. The maximum absolute atomic E-state index is 10.5. The van der Waals surface area contributed by atoms with Crippen molar-refractivity contribution in [2.24, 2.45) is 0 Å². The zero-order chi connectivity index (χ0) is 12.3. The minimum atomic E-state index is -1.22. The van der Waals surface area contributed by atoms with Crippen LogP contribution in [0.2, 0.25) is 0 Å². The Hall–Kier alpha value is -2.24. The smallest absolute Gasteiger partial charge is 0.307 e. The molecule has 0 aromatic heterocycles. The lowest BCUT2D eigenvalue weighted by molar-refractivity contribution is -0.137. The molecule has 1 rings (SSSR count). The standard InChI is InChI=1S/C10H10O6/c11-7-2-1-5(3-8(12)13)6(10(7)16)4-9(14)15/h1-2,11,16H,3-4H2,(H,12,13)(H,14,15). The molecule has 0 heterocycles. The van der Waals surface area contributed by atoms with Crippen molar-refractivity contribution >= 4 is 11.9 Å². The molecule has 1 aromatic carbocycles. The van der Waals surface area contributed by atoms with Gasteiger partial charge >= 0.3 is 11.9 Å². The maximum atomic E-state index is 10.5. The number of aliphatic carboxylic acids is 2. The summed E-state index contributed by atoms with van der Waals surface area (Å²) in [5.74, 6) is -3.41. The minimum absolute atomic E-state index is 0.0742. The van der Waals surface area contributed by atoms with Gasteiger partial charge in [-0.25, -0.2) is 0 Å². The molecule has 0 aliphatic heterocycles. The summed E-state index contributed by atoms with van der Waals surface area (Å²) < 4.78 is 0. The first kappa shape index (κ1) is 11.8. The van der Waals surface area contributed by atoms with E-state index in [9.17, 15) is 19.8 Å². The molecular formula is C10H10O6. The number of hydrogen-bond donors (Lipinski definition) is 4. The van der Waals surface area contributed by atoms with E-state index >= 15 is 0 Å². The van der Waals surface area contributed by atoms with Crippen molar-refractivity contribution in [3.8, 4) is 11.5 Å². The lowest BCUT2D eigenvalue weighted by Gasteiger charge is -2.09. The van der Waals surface area contributed by atoms with Crippen molar-refractivity contribution in [2.45, 2.75) is 12.8 Å². The van der Waals surface area contributed by atoms with E-state index in [1.165, 1.54) is 6.07 Å². The van der Waals surface area contributed by atoms with Crippen molar-refractivity contribution in [2.75, 3.05) is 0 Å². The largest absolute Gasteiger partial charge is 0.504 e. The summed E-state index contributed by atoms with van der Waals surface area (Å²) in [6.45, 7) is 0. The van der Waals surface area contributed by atoms with Gasteiger partial charge in [0, 0.05) is 5.56 Å². The topological polar surface area (TPSA) is 115 Å². The van der Waals surface area contributed by atoms with Crippen molar-refractivity contribution in [3.63, 3.8) is 0 Å². The van der Waals surface area contributed by atoms with E-state index in [1.54, 1.807) is 0 Å². The lowest BCUT2D eigenvalue weighted by Crippen LogP contribution is -2.08. The summed E-state index contributed by atoms with van der Waals surface area (Å²) in [6.07, 6.45) is -0.945. The Morgan fingerprint density at radius 2 is 1.56 bits per heavy atom. The molecule has 0 atom stereocenters. The third-order valence-electron chi connectivity index (χ3n) is 2.03. The van der Waals surface area contributed by atoms with Crippen LogP contribution < -0.4 is 0 Å². The molecule has 0 unspecified atom stereocenters. The second-order valence-corrected chi connectivity index (χ2v) is 3.21. The van der Waals surface area contributed by atoms with Gasteiger partial charge in [0.15, 0.2) is 11.5 Å². The first-order valence-corrected chi connectivity index (χ1v) is 4.38. The van der Waals surface area contributed by atoms with Crippen LogP contribution in [0.1, 0.15) is 11.1 Å². The zero-order valence-corrected chi connectivity index (χ0v) is 8.17. The van der Waals surface area contributed by atoms with E-state index < -0.39 is 36.3 Å². The van der Waals surface area contributed by atoms with Gasteiger partial charge in [-0.15, -0.1) is 0 Å².